The average Bonchev–Trinajstić information content (AvgIpc) is 3.03. The Morgan fingerprint density at radius 3 is 2.24 bits per heavy atom. The van der Waals surface area contributed by atoms with Crippen molar-refractivity contribution in [3.8, 4) is 6.07 Å². The van der Waals surface area contributed by atoms with Gasteiger partial charge in [-0.3, -0.25) is 19.4 Å². The molecule has 2 fully saturated rings. The first kappa shape index (κ1) is 29.8. The Morgan fingerprint density at radius 1 is 1.08 bits per heavy atom. The maximum atomic E-state index is 13.5. The molecule has 0 aromatic heterocycles. The van der Waals surface area contributed by atoms with Crippen LogP contribution in [0, 0.1) is 17.2 Å². The van der Waals surface area contributed by atoms with Crippen LogP contribution < -0.4 is 4.90 Å². The van der Waals surface area contributed by atoms with Crippen LogP contribution in [0.5, 0.6) is 0 Å². The van der Waals surface area contributed by atoms with Crippen molar-refractivity contribution in [3.05, 3.63) is 29.3 Å². The molecule has 3 rings (SSSR count). The predicted octanol–water partition coefficient (Wildman–Crippen LogP) is 4.65. The lowest BCUT2D eigenvalue weighted by molar-refractivity contribution is -0.138. The summed E-state index contributed by atoms with van der Waals surface area (Å²) < 4.78 is 40.4. The van der Waals surface area contributed by atoms with Crippen molar-refractivity contribution in [1.29, 1.82) is 5.26 Å². The molecule has 1 aromatic rings. The largest absolute Gasteiger partial charge is 0.417 e. The zero-order chi connectivity index (χ0) is 28.3. The number of nitriles is 1. The third kappa shape index (κ3) is 6.46. The van der Waals surface area contributed by atoms with E-state index in [9.17, 15) is 22.8 Å². The van der Waals surface area contributed by atoms with Crippen molar-refractivity contribution in [2.75, 3.05) is 44.2 Å². The summed E-state index contributed by atoms with van der Waals surface area (Å²) in [4.78, 5) is 32.6. The fraction of sp³-hybridized carbons (Fsp3) is 0.630. The van der Waals surface area contributed by atoms with E-state index in [1.54, 1.807) is 24.8 Å². The van der Waals surface area contributed by atoms with E-state index in [4.69, 9.17) is 17.5 Å². The van der Waals surface area contributed by atoms with E-state index in [0.29, 0.717) is 6.54 Å². The van der Waals surface area contributed by atoms with Gasteiger partial charge in [0.25, 0.3) is 5.91 Å². The number of benzene rings is 1. The highest BCUT2D eigenvalue weighted by molar-refractivity contribution is 7.80. The second-order valence-electron chi connectivity index (χ2n) is 10.7. The van der Waals surface area contributed by atoms with Gasteiger partial charge in [0.2, 0.25) is 5.91 Å². The molecular formula is C27H36F3N5O2S. The Labute approximate surface area is 228 Å². The van der Waals surface area contributed by atoms with Crippen LogP contribution in [0.3, 0.4) is 0 Å². The van der Waals surface area contributed by atoms with E-state index in [1.807, 2.05) is 18.7 Å². The molecule has 1 aromatic carbocycles. The zero-order valence-electron chi connectivity index (χ0n) is 22.5. The number of amides is 2. The minimum Gasteiger partial charge on any atom is -0.340 e. The topological polar surface area (TPSA) is 70.9 Å². The molecule has 0 bridgehead atoms. The third-order valence-corrected chi connectivity index (χ3v) is 7.70. The minimum absolute atomic E-state index is 0.0112. The first-order valence-electron chi connectivity index (χ1n) is 13.1. The maximum Gasteiger partial charge on any atom is 0.417 e. The van der Waals surface area contributed by atoms with Gasteiger partial charge in [0.15, 0.2) is 5.11 Å². The summed E-state index contributed by atoms with van der Waals surface area (Å²) in [5.74, 6) is -0.154. The third-order valence-electron chi connectivity index (χ3n) is 7.29. The number of rotatable bonds is 9. The highest BCUT2D eigenvalue weighted by Crippen LogP contribution is 2.38. The van der Waals surface area contributed by atoms with Crippen LogP contribution >= 0.6 is 12.2 Å². The molecule has 0 aliphatic carbocycles. The normalized spacial score (nSPS) is 18.4. The standard InChI is InChI=1S/C27H36F3N5O2S/c1-19(2)23(36)33-15-13-32(14-16-33)11-7-5-6-8-12-34-25(38)35(24(37)26(34,3)4)21-10-9-20(18-31)22(17-21)27(28,29)30/h9-10,17,19H,5-8,11-16H2,1-4H3. The van der Waals surface area contributed by atoms with E-state index in [1.165, 1.54) is 6.07 Å². The van der Waals surface area contributed by atoms with Crippen molar-refractivity contribution in [1.82, 2.24) is 14.7 Å². The van der Waals surface area contributed by atoms with Gasteiger partial charge in [-0.25, -0.2) is 0 Å². The second-order valence-corrected chi connectivity index (χ2v) is 11.1. The van der Waals surface area contributed by atoms with Gasteiger partial charge in [0, 0.05) is 38.6 Å². The molecule has 208 valence electrons. The van der Waals surface area contributed by atoms with Crippen LogP contribution in [0.25, 0.3) is 0 Å². The first-order chi connectivity index (χ1) is 17.8. The number of piperazine rings is 1. The highest BCUT2D eigenvalue weighted by Gasteiger charge is 2.49. The number of hydrogen-bond acceptors (Lipinski definition) is 5. The summed E-state index contributed by atoms with van der Waals surface area (Å²) in [6.07, 6.45) is -0.955. The molecule has 2 aliphatic rings. The van der Waals surface area contributed by atoms with Gasteiger partial charge >= 0.3 is 6.18 Å². The van der Waals surface area contributed by atoms with Crippen molar-refractivity contribution in [3.63, 3.8) is 0 Å². The lowest BCUT2D eigenvalue weighted by Gasteiger charge is -2.35. The van der Waals surface area contributed by atoms with Crippen molar-refractivity contribution >= 4 is 34.8 Å². The molecule has 0 atom stereocenters. The highest BCUT2D eigenvalue weighted by atomic mass is 32.1. The zero-order valence-corrected chi connectivity index (χ0v) is 23.3. The predicted molar refractivity (Wildman–Crippen MR) is 143 cm³/mol. The second kappa shape index (κ2) is 12.0. The molecule has 0 radical (unpaired) electrons. The molecule has 7 nitrogen and oxygen atoms in total. The molecule has 38 heavy (non-hydrogen) atoms. The number of halogens is 3. The van der Waals surface area contributed by atoms with E-state index >= 15 is 0 Å². The summed E-state index contributed by atoms with van der Waals surface area (Å²) >= 11 is 5.55. The Bertz CT molecular complexity index is 1090. The van der Waals surface area contributed by atoms with E-state index in [-0.39, 0.29) is 22.6 Å². The molecule has 2 heterocycles. The number of nitrogens with zero attached hydrogens (tertiary/aromatic N) is 5. The van der Waals surface area contributed by atoms with Gasteiger partial charge in [-0.2, -0.15) is 18.4 Å². The summed E-state index contributed by atoms with van der Waals surface area (Å²) in [6, 6.07) is 4.78. The van der Waals surface area contributed by atoms with Crippen LogP contribution in [-0.2, 0) is 15.8 Å². The number of carbonyl (C=O) groups is 2. The van der Waals surface area contributed by atoms with Crippen LogP contribution in [0.15, 0.2) is 18.2 Å². The number of thiocarbonyl (C=S) groups is 1. The van der Waals surface area contributed by atoms with Gasteiger partial charge in [-0.1, -0.05) is 26.7 Å². The van der Waals surface area contributed by atoms with Gasteiger partial charge in [-0.15, -0.1) is 0 Å². The SMILES string of the molecule is CC(C)C(=O)N1CCN(CCCCCCN2C(=S)N(c3ccc(C#N)c(C(F)(F)F)c3)C(=O)C2(C)C)CC1. The fourth-order valence-electron chi connectivity index (χ4n) is 4.96. The minimum atomic E-state index is -4.72. The van der Waals surface area contributed by atoms with Crippen molar-refractivity contribution in [2.24, 2.45) is 5.92 Å². The van der Waals surface area contributed by atoms with E-state index in [2.05, 4.69) is 4.90 Å². The molecule has 2 saturated heterocycles. The van der Waals surface area contributed by atoms with Gasteiger partial charge in [0.05, 0.1) is 22.9 Å². The first-order valence-corrected chi connectivity index (χ1v) is 13.5. The van der Waals surface area contributed by atoms with Crippen LogP contribution in [-0.4, -0.2) is 76.4 Å². The Balaban J connectivity index is 1.50. The quantitative estimate of drug-likeness (QED) is 0.329. The summed E-state index contributed by atoms with van der Waals surface area (Å²) in [7, 11) is 0. The summed E-state index contributed by atoms with van der Waals surface area (Å²) in [5, 5.41) is 9.24. The van der Waals surface area contributed by atoms with E-state index in [0.717, 1.165) is 75.4 Å². The molecule has 0 unspecified atom stereocenters. The van der Waals surface area contributed by atoms with Crippen LogP contribution in [0.2, 0.25) is 0 Å². The lowest BCUT2D eigenvalue weighted by Crippen LogP contribution is -2.49. The summed E-state index contributed by atoms with van der Waals surface area (Å²) in [5.41, 5.74) is -2.56. The van der Waals surface area contributed by atoms with Gasteiger partial charge in [-0.05, 0) is 63.7 Å². The monoisotopic (exact) mass is 551 g/mol. The summed E-state index contributed by atoms with van der Waals surface area (Å²) in [6.45, 7) is 12.1. The Hall–Kier alpha value is -2.71. The smallest absolute Gasteiger partial charge is 0.340 e. The van der Waals surface area contributed by atoms with Crippen LogP contribution in [0.4, 0.5) is 18.9 Å². The number of unbranched alkanes of at least 4 members (excludes halogenated alkanes) is 3. The van der Waals surface area contributed by atoms with Gasteiger partial charge in [0.1, 0.15) is 5.54 Å². The number of alkyl halides is 3. The molecule has 0 spiro atoms. The molecular weight excluding hydrogens is 515 g/mol. The molecule has 2 amide bonds. The van der Waals surface area contributed by atoms with Crippen molar-refractivity contribution in [2.45, 2.75) is 65.1 Å². The molecule has 0 saturated carbocycles. The molecule has 0 N–H and O–H groups in total. The maximum absolute atomic E-state index is 13.5. The Morgan fingerprint density at radius 2 is 1.68 bits per heavy atom. The number of hydrogen-bond donors (Lipinski definition) is 0. The van der Waals surface area contributed by atoms with E-state index < -0.39 is 28.7 Å². The Kier molecular flexibility index (Phi) is 9.42. The number of anilines is 1. The number of carbonyl (C=O) groups excluding carboxylic acids is 2. The molecule has 2 aliphatic heterocycles. The van der Waals surface area contributed by atoms with Crippen LogP contribution in [0.1, 0.15) is 64.5 Å². The van der Waals surface area contributed by atoms with Crippen molar-refractivity contribution < 1.29 is 22.8 Å². The van der Waals surface area contributed by atoms with Gasteiger partial charge < -0.3 is 9.80 Å². The fourth-order valence-corrected chi connectivity index (χ4v) is 5.47. The lowest BCUT2D eigenvalue weighted by atomic mass is 10.0. The average molecular weight is 552 g/mol. The molecule has 11 heteroatoms.